The maximum atomic E-state index is 10.7. The van der Waals surface area contributed by atoms with Crippen LogP contribution in [0.2, 0.25) is 5.15 Å². The van der Waals surface area contributed by atoms with Crippen molar-refractivity contribution in [2.75, 3.05) is 0 Å². The fourth-order valence-electron chi connectivity index (χ4n) is 1.49. The quantitative estimate of drug-likeness (QED) is 0.875. The van der Waals surface area contributed by atoms with E-state index in [2.05, 4.69) is 5.10 Å². The second kappa shape index (κ2) is 5.07. The van der Waals surface area contributed by atoms with Crippen molar-refractivity contribution >= 4 is 29.3 Å². The van der Waals surface area contributed by atoms with Crippen LogP contribution in [0.1, 0.15) is 21.8 Å². The molecule has 0 bridgehead atoms. The normalized spacial score (nSPS) is 10.8. The van der Waals surface area contributed by atoms with Gasteiger partial charge in [-0.2, -0.15) is 5.10 Å². The van der Waals surface area contributed by atoms with Gasteiger partial charge in [-0.05, 0) is 19.1 Å². The molecule has 0 aliphatic heterocycles. The molecule has 0 spiro atoms. The summed E-state index contributed by atoms with van der Waals surface area (Å²) in [6.45, 7) is 1.88. The minimum absolute atomic E-state index is 0.0634. The minimum Gasteiger partial charge on any atom is -0.475 e. The van der Waals surface area contributed by atoms with Crippen LogP contribution < -0.4 is 0 Å². The van der Waals surface area contributed by atoms with Crippen molar-refractivity contribution in [3.63, 3.8) is 0 Å². The summed E-state index contributed by atoms with van der Waals surface area (Å²) in [6, 6.07) is 3.07. The van der Waals surface area contributed by atoms with Gasteiger partial charge in [-0.25, -0.2) is 4.79 Å². The van der Waals surface area contributed by atoms with Gasteiger partial charge in [-0.1, -0.05) is 23.4 Å². The first kappa shape index (κ1) is 13.0. The van der Waals surface area contributed by atoms with Crippen molar-refractivity contribution in [3.05, 3.63) is 34.3 Å². The van der Waals surface area contributed by atoms with Crippen LogP contribution in [0.3, 0.4) is 0 Å². The Morgan fingerprint density at radius 3 is 2.83 bits per heavy atom. The van der Waals surface area contributed by atoms with Crippen LogP contribution in [0.15, 0.2) is 21.6 Å². The Bertz CT molecular complexity index is 591. The van der Waals surface area contributed by atoms with Crippen molar-refractivity contribution in [2.24, 2.45) is 7.05 Å². The molecule has 2 heterocycles. The lowest BCUT2D eigenvalue weighted by molar-refractivity contribution is 0.0656. The lowest BCUT2D eigenvalue weighted by atomic mass is 10.3. The van der Waals surface area contributed by atoms with Crippen LogP contribution >= 0.6 is 23.4 Å². The minimum atomic E-state index is -1.07. The van der Waals surface area contributed by atoms with Gasteiger partial charge in [0.2, 0.25) is 5.76 Å². The third-order valence-electron chi connectivity index (χ3n) is 2.42. The summed E-state index contributed by atoms with van der Waals surface area (Å²) in [6.07, 6.45) is 0. The van der Waals surface area contributed by atoms with E-state index < -0.39 is 5.97 Å². The number of hydrogen-bond donors (Lipinski definition) is 1. The molecule has 5 nitrogen and oxygen atoms in total. The number of thioether (sulfide) groups is 1. The molecular formula is C11H11ClN2O3S. The molecule has 0 aliphatic rings. The first-order chi connectivity index (χ1) is 8.49. The average Bonchev–Trinajstić information content (AvgIpc) is 2.85. The summed E-state index contributed by atoms with van der Waals surface area (Å²) in [5.74, 6) is -0.547. The van der Waals surface area contributed by atoms with E-state index in [0.29, 0.717) is 16.0 Å². The number of furan rings is 1. The summed E-state index contributed by atoms with van der Waals surface area (Å²) in [7, 11) is 1.78. The lowest BCUT2D eigenvalue weighted by Crippen LogP contribution is -1.91. The molecule has 0 atom stereocenters. The molecular weight excluding hydrogens is 276 g/mol. The Labute approximate surface area is 113 Å². The van der Waals surface area contributed by atoms with Gasteiger partial charge in [0.25, 0.3) is 0 Å². The van der Waals surface area contributed by atoms with Crippen molar-refractivity contribution in [3.8, 4) is 0 Å². The number of aromatic carboxylic acids is 1. The van der Waals surface area contributed by atoms with Crippen molar-refractivity contribution < 1.29 is 14.3 Å². The van der Waals surface area contributed by atoms with Gasteiger partial charge >= 0.3 is 5.97 Å². The second-order valence-electron chi connectivity index (χ2n) is 3.69. The number of rotatable bonds is 4. The van der Waals surface area contributed by atoms with E-state index in [1.165, 1.54) is 17.8 Å². The van der Waals surface area contributed by atoms with Gasteiger partial charge < -0.3 is 9.52 Å². The van der Waals surface area contributed by atoms with Crippen LogP contribution in [0.25, 0.3) is 0 Å². The van der Waals surface area contributed by atoms with E-state index in [0.717, 1.165) is 11.3 Å². The summed E-state index contributed by atoms with van der Waals surface area (Å²) >= 11 is 7.48. The molecule has 0 saturated carbocycles. The first-order valence-corrected chi connectivity index (χ1v) is 6.49. The van der Waals surface area contributed by atoms with E-state index in [4.69, 9.17) is 21.1 Å². The van der Waals surface area contributed by atoms with Gasteiger partial charge in [0.1, 0.15) is 5.15 Å². The zero-order valence-electron chi connectivity index (χ0n) is 9.81. The zero-order valence-corrected chi connectivity index (χ0v) is 11.4. The van der Waals surface area contributed by atoms with E-state index >= 15 is 0 Å². The number of halogens is 1. The number of carbonyl (C=O) groups is 1. The Morgan fingerprint density at radius 1 is 1.61 bits per heavy atom. The predicted octanol–water partition coefficient (Wildman–Crippen LogP) is 2.97. The third-order valence-corrected chi connectivity index (χ3v) is 3.83. The molecule has 2 aromatic heterocycles. The number of aromatic nitrogens is 2. The Hall–Kier alpha value is -1.40. The third kappa shape index (κ3) is 2.54. The molecule has 0 aliphatic carbocycles. The highest BCUT2D eigenvalue weighted by atomic mass is 35.5. The van der Waals surface area contributed by atoms with Crippen molar-refractivity contribution in [1.29, 1.82) is 0 Å². The molecule has 18 heavy (non-hydrogen) atoms. The van der Waals surface area contributed by atoms with Crippen LogP contribution in [-0.2, 0) is 12.8 Å². The average molecular weight is 287 g/mol. The lowest BCUT2D eigenvalue weighted by Gasteiger charge is -1.98. The Balaban J connectivity index is 2.09. The molecule has 0 unspecified atom stereocenters. The van der Waals surface area contributed by atoms with Gasteiger partial charge in [-0.3, -0.25) is 4.68 Å². The van der Waals surface area contributed by atoms with E-state index in [1.54, 1.807) is 17.8 Å². The second-order valence-corrected chi connectivity index (χ2v) is 5.03. The van der Waals surface area contributed by atoms with Gasteiger partial charge in [0.15, 0.2) is 5.09 Å². The maximum absolute atomic E-state index is 10.7. The van der Waals surface area contributed by atoms with Gasteiger partial charge in [0, 0.05) is 18.4 Å². The van der Waals surface area contributed by atoms with E-state index in [-0.39, 0.29) is 5.76 Å². The van der Waals surface area contributed by atoms with Crippen LogP contribution in [0.5, 0.6) is 0 Å². The molecule has 96 valence electrons. The van der Waals surface area contributed by atoms with E-state index in [1.807, 2.05) is 6.92 Å². The molecule has 2 rings (SSSR count). The van der Waals surface area contributed by atoms with Gasteiger partial charge in [-0.15, -0.1) is 0 Å². The summed E-state index contributed by atoms with van der Waals surface area (Å²) in [5.41, 5.74) is 1.79. The monoisotopic (exact) mass is 286 g/mol. The molecule has 0 fully saturated rings. The van der Waals surface area contributed by atoms with Crippen molar-refractivity contribution in [2.45, 2.75) is 17.8 Å². The molecule has 0 aromatic carbocycles. The molecule has 0 radical (unpaired) electrons. The van der Waals surface area contributed by atoms with E-state index in [9.17, 15) is 4.79 Å². The largest absolute Gasteiger partial charge is 0.475 e. The van der Waals surface area contributed by atoms with Gasteiger partial charge in [0.05, 0.1) is 5.69 Å². The summed E-state index contributed by atoms with van der Waals surface area (Å²) < 4.78 is 6.76. The number of aryl methyl sites for hydroxylation is 2. The standard InChI is InChI=1S/C11H11ClN2O3S/c1-6-7(10(12)14(2)13-6)5-18-9-4-3-8(17-9)11(15)16/h3-4H,5H2,1-2H3,(H,15,16). The fraction of sp³-hybridized carbons (Fsp3) is 0.273. The number of carboxylic acids is 1. The molecule has 0 amide bonds. The van der Waals surface area contributed by atoms with Crippen LogP contribution in [0.4, 0.5) is 0 Å². The first-order valence-electron chi connectivity index (χ1n) is 5.13. The fourth-order valence-corrected chi connectivity index (χ4v) is 2.76. The highest BCUT2D eigenvalue weighted by Crippen LogP contribution is 2.29. The maximum Gasteiger partial charge on any atom is 0.371 e. The molecule has 2 aromatic rings. The summed E-state index contributed by atoms with van der Waals surface area (Å²) in [4.78, 5) is 10.7. The molecule has 7 heteroatoms. The zero-order chi connectivity index (χ0) is 13.3. The smallest absolute Gasteiger partial charge is 0.371 e. The number of carboxylic acid groups (broad SMARTS) is 1. The molecule has 0 saturated heterocycles. The Morgan fingerprint density at radius 2 is 2.33 bits per heavy atom. The highest BCUT2D eigenvalue weighted by Gasteiger charge is 2.14. The van der Waals surface area contributed by atoms with Crippen LogP contribution in [0, 0.1) is 6.92 Å². The SMILES string of the molecule is Cc1nn(C)c(Cl)c1CSc1ccc(C(=O)O)o1. The predicted molar refractivity (Wildman–Crippen MR) is 68.2 cm³/mol. The highest BCUT2D eigenvalue weighted by molar-refractivity contribution is 7.98. The topological polar surface area (TPSA) is 68.3 Å². The Kier molecular flexibility index (Phi) is 3.68. The van der Waals surface area contributed by atoms with Crippen LogP contribution in [-0.4, -0.2) is 20.9 Å². The molecule has 1 N–H and O–H groups in total. The number of nitrogens with zero attached hydrogens (tertiary/aromatic N) is 2. The number of hydrogen-bond acceptors (Lipinski definition) is 4. The van der Waals surface area contributed by atoms with Crippen molar-refractivity contribution in [1.82, 2.24) is 9.78 Å². The summed E-state index contributed by atoms with van der Waals surface area (Å²) in [5, 5.41) is 14.1.